The third-order valence-corrected chi connectivity index (χ3v) is 3.98. The molecule has 124 valence electrons. The molecule has 23 heavy (non-hydrogen) atoms. The van der Waals surface area contributed by atoms with Gasteiger partial charge in [-0.05, 0) is 19.3 Å². The summed E-state index contributed by atoms with van der Waals surface area (Å²) in [6, 6.07) is 9.82. The summed E-state index contributed by atoms with van der Waals surface area (Å²) < 4.78 is 5.21. The third-order valence-electron chi connectivity index (χ3n) is 3.98. The lowest BCUT2D eigenvalue weighted by Crippen LogP contribution is -2.31. The molecule has 7 heteroatoms. The van der Waals surface area contributed by atoms with Gasteiger partial charge in [-0.3, -0.25) is 4.79 Å². The number of aromatic nitrogens is 2. The minimum Gasteiger partial charge on any atom is -0.355 e. The number of carbonyl (C=O) groups is 1. The van der Waals surface area contributed by atoms with Crippen molar-refractivity contribution in [3.05, 3.63) is 36.2 Å². The highest BCUT2D eigenvalue weighted by atomic mass is 35.5. The van der Waals surface area contributed by atoms with Crippen LogP contribution in [-0.4, -0.2) is 28.6 Å². The van der Waals surface area contributed by atoms with Gasteiger partial charge in [0.05, 0.1) is 0 Å². The van der Waals surface area contributed by atoms with Crippen LogP contribution >= 0.6 is 12.4 Å². The fourth-order valence-electron chi connectivity index (χ4n) is 2.75. The number of nitrogens with zero attached hydrogens (tertiary/aromatic N) is 2. The second-order valence-corrected chi connectivity index (χ2v) is 5.69. The molecule has 1 saturated carbocycles. The molecule has 0 radical (unpaired) electrons. The molecule has 1 amide bonds. The van der Waals surface area contributed by atoms with Crippen molar-refractivity contribution in [3.63, 3.8) is 0 Å². The fourth-order valence-corrected chi connectivity index (χ4v) is 2.75. The Labute approximate surface area is 141 Å². The van der Waals surface area contributed by atoms with Crippen LogP contribution in [0.25, 0.3) is 11.4 Å². The molecule has 1 fully saturated rings. The summed E-state index contributed by atoms with van der Waals surface area (Å²) in [5, 5.41) is 6.88. The molecule has 2 aromatic rings. The summed E-state index contributed by atoms with van der Waals surface area (Å²) in [5.74, 6) is 1.24. The van der Waals surface area contributed by atoms with Crippen molar-refractivity contribution in [2.24, 2.45) is 11.7 Å². The number of hydrogen-bond donors (Lipinski definition) is 2. The summed E-state index contributed by atoms with van der Waals surface area (Å²) >= 11 is 0. The average Bonchev–Trinajstić information content (AvgIpc) is 3.17. The second-order valence-electron chi connectivity index (χ2n) is 5.69. The van der Waals surface area contributed by atoms with Gasteiger partial charge in [0.1, 0.15) is 0 Å². The Bertz CT molecular complexity index is 632. The molecule has 1 aliphatic carbocycles. The van der Waals surface area contributed by atoms with Crippen LogP contribution in [0.3, 0.4) is 0 Å². The lowest BCUT2D eigenvalue weighted by molar-refractivity contribution is -0.124. The predicted molar refractivity (Wildman–Crippen MR) is 89.0 cm³/mol. The van der Waals surface area contributed by atoms with Crippen LogP contribution in [0.2, 0.25) is 0 Å². The lowest BCUT2D eigenvalue weighted by atomic mass is 10.1. The van der Waals surface area contributed by atoms with E-state index in [0.717, 1.165) is 24.8 Å². The van der Waals surface area contributed by atoms with Gasteiger partial charge in [-0.1, -0.05) is 35.5 Å². The van der Waals surface area contributed by atoms with E-state index >= 15 is 0 Å². The van der Waals surface area contributed by atoms with Gasteiger partial charge in [0.25, 0.3) is 0 Å². The first-order chi connectivity index (χ1) is 10.7. The maximum atomic E-state index is 12.0. The zero-order chi connectivity index (χ0) is 15.4. The standard InChI is InChI=1S/C16H20N4O2.ClH/c17-13-7-6-12(10-13)16(21)18-9-8-14-19-15(20-22-14)11-4-2-1-3-5-11;/h1-5,12-13H,6-10,17H2,(H,18,21);1H/t12-,13+;/m0./s1. The molecular weight excluding hydrogens is 316 g/mol. The van der Waals surface area contributed by atoms with Crippen molar-refractivity contribution in [3.8, 4) is 11.4 Å². The van der Waals surface area contributed by atoms with Crippen LogP contribution < -0.4 is 11.1 Å². The van der Waals surface area contributed by atoms with Gasteiger partial charge in [0.2, 0.25) is 17.6 Å². The number of benzene rings is 1. The van der Waals surface area contributed by atoms with E-state index in [1.165, 1.54) is 0 Å². The number of hydrogen-bond acceptors (Lipinski definition) is 5. The normalized spacial score (nSPS) is 20.0. The Hall–Kier alpha value is -1.92. The summed E-state index contributed by atoms with van der Waals surface area (Å²) in [5.41, 5.74) is 6.75. The van der Waals surface area contributed by atoms with E-state index in [1.807, 2.05) is 30.3 Å². The van der Waals surface area contributed by atoms with Gasteiger partial charge in [-0.2, -0.15) is 4.98 Å². The van der Waals surface area contributed by atoms with E-state index in [1.54, 1.807) is 0 Å². The average molecular weight is 337 g/mol. The minimum absolute atomic E-state index is 0. The monoisotopic (exact) mass is 336 g/mol. The Morgan fingerprint density at radius 3 is 2.78 bits per heavy atom. The summed E-state index contributed by atoms with van der Waals surface area (Å²) in [6.07, 6.45) is 3.13. The highest BCUT2D eigenvalue weighted by Gasteiger charge is 2.27. The molecule has 0 unspecified atom stereocenters. The first kappa shape index (κ1) is 17.4. The predicted octanol–water partition coefficient (Wildman–Crippen LogP) is 1.94. The number of rotatable bonds is 5. The van der Waals surface area contributed by atoms with Gasteiger partial charge in [0, 0.05) is 30.5 Å². The minimum atomic E-state index is 0. The molecule has 3 N–H and O–H groups in total. The lowest BCUT2D eigenvalue weighted by Gasteiger charge is -2.09. The Morgan fingerprint density at radius 1 is 1.30 bits per heavy atom. The van der Waals surface area contributed by atoms with Gasteiger partial charge in [0.15, 0.2) is 0 Å². The molecule has 0 spiro atoms. The first-order valence-electron chi connectivity index (χ1n) is 7.63. The molecule has 1 aromatic carbocycles. The highest BCUT2D eigenvalue weighted by molar-refractivity contribution is 5.85. The van der Waals surface area contributed by atoms with Crippen molar-refractivity contribution in [2.75, 3.05) is 6.54 Å². The molecule has 0 bridgehead atoms. The van der Waals surface area contributed by atoms with E-state index in [2.05, 4.69) is 15.5 Å². The van der Waals surface area contributed by atoms with Crippen molar-refractivity contribution < 1.29 is 9.32 Å². The Balaban J connectivity index is 0.00000192. The van der Waals surface area contributed by atoms with E-state index in [9.17, 15) is 4.79 Å². The van der Waals surface area contributed by atoms with Gasteiger partial charge in [-0.25, -0.2) is 0 Å². The zero-order valence-electron chi connectivity index (χ0n) is 12.8. The van der Waals surface area contributed by atoms with Crippen molar-refractivity contribution in [1.29, 1.82) is 0 Å². The second kappa shape index (κ2) is 8.08. The molecule has 1 aromatic heterocycles. The van der Waals surface area contributed by atoms with Crippen molar-refractivity contribution >= 4 is 18.3 Å². The van der Waals surface area contributed by atoms with Gasteiger partial charge in [-0.15, -0.1) is 12.4 Å². The van der Waals surface area contributed by atoms with Crippen LogP contribution in [0.4, 0.5) is 0 Å². The fraction of sp³-hybridized carbons (Fsp3) is 0.438. The summed E-state index contributed by atoms with van der Waals surface area (Å²) in [6.45, 7) is 0.501. The molecular formula is C16H21ClN4O2. The molecule has 3 rings (SSSR count). The molecule has 2 atom stereocenters. The van der Waals surface area contributed by atoms with Crippen LogP contribution in [0.5, 0.6) is 0 Å². The molecule has 0 saturated heterocycles. The summed E-state index contributed by atoms with van der Waals surface area (Å²) in [4.78, 5) is 16.3. The van der Waals surface area contributed by atoms with Crippen LogP contribution in [0.15, 0.2) is 34.9 Å². The Morgan fingerprint density at radius 2 is 2.09 bits per heavy atom. The molecule has 1 aliphatic rings. The zero-order valence-corrected chi connectivity index (χ0v) is 13.6. The number of nitrogens with one attached hydrogen (secondary N) is 1. The third kappa shape index (κ3) is 4.53. The van der Waals surface area contributed by atoms with Gasteiger partial charge < -0.3 is 15.6 Å². The number of nitrogens with two attached hydrogens (primary N) is 1. The van der Waals surface area contributed by atoms with E-state index in [4.69, 9.17) is 10.3 Å². The molecule has 6 nitrogen and oxygen atoms in total. The quantitative estimate of drug-likeness (QED) is 0.870. The topological polar surface area (TPSA) is 94.0 Å². The maximum Gasteiger partial charge on any atom is 0.228 e. The van der Waals surface area contributed by atoms with Gasteiger partial charge >= 0.3 is 0 Å². The highest BCUT2D eigenvalue weighted by Crippen LogP contribution is 2.24. The number of halogens is 1. The van der Waals surface area contributed by atoms with E-state index in [0.29, 0.717) is 24.7 Å². The largest absolute Gasteiger partial charge is 0.355 e. The Kier molecular flexibility index (Phi) is 6.12. The van der Waals surface area contributed by atoms with Crippen molar-refractivity contribution in [2.45, 2.75) is 31.7 Å². The maximum absolute atomic E-state index is 12.0. The van der Waals surface area contributed by atoms with Crippen LogP contribution in [0, 0.1) is 5.92 Å². The van der Waals surface area contributed by atoms with Crippen molar-refractivity contribution in [1.82, 2.24) is 15.5 Å². The number of amides is 1. The molecule has 0 aliphatic heterocycles. The SMILES string of the molecule is Cl.N[C@@H]1CC[C@H](C(=O)NCCc2nc(-c3ccccc3)no2)C1. The number of carbonyl (C=O) groups excluding carboxylic acids is 1. The smallest absolute Gasteiger partial charge is 0.228 e. The summed E-state index contributed by atoms with van der Waals surface area (Å²) in [7, 11) is 0. The first-order valence-corrected chi connectivity index (χ1v) is 7.63. The van der Waals surface area contributed by atoms with E-state index < -0.39 is 0 Å². The van der Waals surface area contributed by atoms with Crippen LogP contribution in [0.1, 0.15) is 25.2 Å². The van der Waals surface area contributed by atoms with E-state index in [-0.39, 0.29) is 30.3 Å². The van der Waals surface area contributed by atoms with Crippen LogP contribution in [-0.2, 0) is 11.2 Å². The molecule has 1 heterocycles.